The van der Waals surface area contributed by atoms with Crippen LogP contribution in [-0.4, -0.2) is 12.0 Å². The number of hydrogen-bond donors (Lipinski definition) is 1. The summed E-state index contributed by atoms with van der Waals surface area (Å²) in [6, 6.07) is 14.0. The second kappa shape index (κ2) is 7.39. The molecule has 3 nitrogen and oxygen atoms in total. The Balaban J connectivity index is 1.60. The minimum absolute atomic E-state index is 0.0284. The summed E-state index contributed by atoms with van der Waals surface area (Å²) in [5.74, 6) is 0.581. The molecule has 0 fully saturated rings. The van der Waals surface area contributed by atoms with Gasteiger partial charge in [-0.3, -0.25) is 4.79 Å². The maximum atomic E-state index is 12.4. The number of hydrogen-bond acceptors (Lipinski definition) is 2. The molecular formula is C20H22BrNO2. The van der Waals surface area contributed by atoms with E-state index in [1.165, 1.54) is 24.0 Å². The highest BCUT2D eigenvalue weighted by Crippen LogP contribution is 2.25. The average Bonchev–Trinajstić information content (AvgIpc) is 3.04. The SMILES string of the molecule is C[C@H](Oc1ccc(Br)cc1)C(=O)N[C@@H](C)c1ccc2c(c1)CCC2. The third kappa shape index (κ3) is 3.99. The third-order valence-corrected chi connectivity index (χ3v) is 5.01. The van der Waals surface area contributed by atoms with Crippen molar-refractivity contribution >= 4 is 21.8 Å². The molecule has 3 rings (SSSR count). The lowest BCUT2D eigenvalue weighted by atomic mass is 10.0. The maximum absolute atomic E-state index is 12.4. The number of fused-ring (bicyclic) bond motifs is 1. The monoisotopic (exact) mass is 387 g/mol. The normalized spacial score (nSPS) is 15.5. The molecular weight excluding hydrogens is 366 g/mol. The number of ether oxygens (including phenoxy) is 1. The summed E-state index contributed by atoms with van der Waals surface area (Å²) in [6.07, 6.45) is 3.02. The Hall–Kier alpha value is -1.81. The van der Waals surface area contributed by atoms with Gasteiger partial charge in [-0.05, 0) is 74.1 Å². The van der Waals surface area contributed by atoms with Crippen molar-refractivity contribution in [2.24, 2.45) is 0 Å². The number of benzene rings is 2. The smallest absolute Gasteiger partial charge is 0.261 e. The van der Waals surface area contributed by atoms with Crippen LogP contribution in [0.15, 0.2) is 46.9 Å². The molecule has 0 saturated carbocycles. The van der Waals surface area contributed by atoms with Gasteiger partial charge in [-0.25, -0.2) is 0 Å². The lowest BCUT2D eigenvalue weighted by molar-refractivity contribution is -0.127. The second-order valence-electron chi connectivity index (χ2n) is 6.33. The lowest BCUT2D eigenvalue weighted by Gasteiger charge is -2.19. The predicted octanol–water partition coefficient (Wildman–Crippen LogP) is 4.58. The molecule has 0 bridgehead atoms. The van der Waals surface area contributed by atoms with E-state index >= 15 is 0 Å². The van der Waals surface area contributed by atoms with Gasteiger partial charge in [-0.2, -0.15) is 0 Å². The Morgan fingerprint density at radius 1 is 1.08 bits per heavy atom. The molecule has 0 aromatic heterocycles. The molecule has 0 radical (unpaired) electrons. The van der Waals surface area contributed by atoms with Crippen molar-refractivity contribution in [1.29, 1.82) is 0 Å². The molecule has 0 aliphatic heterocycles. The number of nitrogens with one attached hydrogen (secondary N) is 1. The van der Waals surface area contributed by atoms with Crippen molar-refractivity contribution in [3.63, 3.8) is 0 Å². The highest BCUT2D eigenvalue weighted by molar-refractivity contribution is 9.10. The van der Waals surface area contributed by atoms with E-state index in [-0.39, 0.29) is 11.9 Å². The summed E-state index contributed by atoms with van der Waals surface area (Å²) in [4.78, 5) is 12.4. The molecule has 0 unspecified atom stereocenters. The summed E-state index contributed by atoms with van der Waals surface area (Å²) in [6.45, 7) is 3.79. The topological polar surface area (TPSA) is 38.3 Å². The number of carbonyl (C=O) groups is 1. The van der Waals surface area contributed by atoms with E-state index in [1.807, 2.05) is 31.2 Å². The second-order valence-corrected chi connectivity index (χ2v) is 7.24. The molecule has 24 heavy (non-hydrogen) atoms. The quantitative estimate of drug-likeness (QED) is 0.814. The highest BCUT2D eigenvalue weighted by atomic mass is 79.9. The Morgan fingerprint density at radius 3 is 2.54 bits per heavy atom. The van der Waals surface area contributed by atoms with E-state index in [2.05, 4.69) is 39.4 Å². The van der Waals surface area contributed by atoms with Crippen molar-refractivity contribution < 1.29 is 9.53 Å². The predicted molar refractivity (Wildman–Crippen MR) is 99.3 cm³/mol. The molecule has 126 valence electrons. The van der Waals surface area contributed by atoms with E-state index in [0.717, 1.165) is 16.5 Å². The van der Waals surface area contributed by atoms with Crippen LogP contribution in [0.3, 0.4) is 0 Å². The van der Waals surface area contributed by atoms with E-state index in [4.69, 9.17) is 4.74 Å². The van der Waals surface area contributed by atoms with Crippen LogP contribution in [0.2, 0.25) is 0 Å². The molecule has 1 aliphatic carbocycles. The Bertz CT molecular complexity index is 727. The number of carbonyl (C=O) groups excluding carboxylic acids is 1. The Morgan fingerprint density at radius 2 is 1.79 bits per heavy atom. The van der Waals surface area contributed by atoms with Crippen molar-refractivity contribution in [3.05, 3.63) is 63.6 Å². The first-order valence-electron chi connectivity index (χ1n) is 8.37. The minimum Gasteiger partial charge on any atom is -0.481 e. The molecule has 0 heterocycles. The first-order chi connectivity index (χ1) is 11.5. The van der Waals surface area contributed by atoms with Crippen LogP contribution >= 0.6 is 15.9 Å². The van der Waals surface area contributed by atoms with Crippen molar-refractivity contribution in [2.45, 2.75) is 45.3 Å². The Kier molecular flexibility index (Phi) is 5.24. The molecule has 2 aromatic rings. The summed E-state index contributed by atoms with van der Waals surface area (Å²) in [5.41, 5.74) is 4.02. The van der Waals surface area contributed by atoms with Gasteiger partial charge in [0.05, 0.1) is 6.04 Å². The standard InChI is InChI=1S/C20H22BrNO2/c1-13(16-7-6-15-4-3-5-17(15)12-16)22-20(23)14(2)24-19-10-8-18(21)9-11-19/h6-14H,3-5H2,1-2H3,(H,22,23)/t13-,14-/m0/s1. The maximum Gasteiger partial charge on any atom is 0.261 e. The van der Waals surface area contributed by atoms with Crippen LogP contribution in [0.4, 0.5) is 0 Å². The number of amides is 1. The van der Waals surface area contributed by atoms with Gasteiger partial charge in [0.15, 0.2) is 6.10 Å². The van der Waals surface area contributed by atoms with Gasteiger partial charge < -0.3 is 10.1 Å². The van der Waals surface area contributed by atoms with Gasteiger partial charge in [0, 0.05) is 4.47 Å². The summed E-state index contributed by atoms with van der Waals surface area (Å²) in [5, 5.41) is 3.05. The van der Waals surface area contributed by atoms with Crippen molar-refractivity contribution in [2.75, 3.05) is 0 Å². The zero-order chi connectivity index (χ0) is 17.1. The van der Waals surface area contributed by atoms with Crippen molar-refractivity contribution in [3.8, 4) is 5.75 Å². The summed E-state index contributed by atoms with van der Waals surface area (Å²) >= 11 is 3.39. The third-order valence-electron chi connectivity index (χ3n) is 4.48. The molecule has 2 atom stereocenters. The number of aryl methyl sites for hydroxylation is 2. The van der Waals surface area contributed by atoms with Crippen molar-refractivity contribution in [1.82, 2.24) is 5.32 Å². The van der Waals surface area contributed by atoms with E-state index in [9.17, 15) is 4.79 Å². The minimum atomic E-state index is -0.539. The summed E-state index contributed by atoms with van der Waals surface area (Å²) in [7, 11) is 0. The molecule has 4 heteroatoms. The molecule has 1 N–H and O–H groups in total. The van der Waals surface area contributed by atoms with Gasteiger partial charge in [-0.1, -0.05) is 34.1 Å². The fourth-order valence-corrected chi connectivity index (χ4v) is 3.31. The molecule has 1 amide bonds. The molecule has 1 aliphatic rings. The van der Waals surface area contributed by atoms with Gasteiger partial charge in [0.1, 0.15) is 5.75 Å². The van der Waals surface area contributed by atoms with Crippen LogP contribution in [0.5, 0.6) is 5.75 Å². The highest BCUT2D eigenvalue weighted by Gasteiger charge is 2.19. The lowest BCUT2D eigenvalue weighted by Crippen LogP contribution is -2.37. The zero-order valence-corrected chi connectivity index (χ0v) is 15.6. The molecule has 0 saturated heterocycles. The van der Waals surface area contributed by atoms with E-state index in [0.29, 0.717) is 5.75 Å². The first kappa shape index (κ1) is 17.0. The average molecular weight is 388 g/mol. The van der Waals surface area contributed by atoms with E-state index < -0.39 is 6.10 Å². The van der Waals surface area contributed by atoms with Gasteiger partial charge in [0.25, 0.3) is 5.91 Å². The Labute approximate surface area is 151 Å². The van der Waals surface area contributed by atoms with Gasteiger partial charge >= 0.3 is 0 Å². The molecule has 2 aromatic carbocycles. The summed E-state index contributed by atoms with van der Waals surface area (Å²) < 4.78 is 6.69. The first-order valence-corrected chi connectivity index (χ1v) is 9.16. The largest absolute Gasteiger partial charge is 0.481 e. The van der Waals surface area contributed by atoms with Gasteiger partial charge in [0.2, 0.25) is 0 Å². The van der Waals surface area contributed by atoms with Crippen LogP contribution in [0.1, 0.15) is 43.0 Å². The van der Waals surface area contributed by atoms with E-state index in [1.54, 1.807) is 6.92 Å². The molecule has 0 spiro atoms. The zero-order valence-electron chi connectivity index (χ0n) is 14.0. The number of rotatable bonds is 5. The van der Waals surface area contributed by atoms with Crippen LogP contribution in [0.25, 0.3) is 0 Å². The van der Waals surface area contributed by atoms with Crippen LogP contribution < -0.4 is 10.1 Å². The number of halogens is 1. The van der Waals surface area contributed by atoms with Crippen LogP contribution in [-0.2, 0) is 17.6 Å². The van der Waals surface area contributed by atoms with Crippen LogP contribution in [0, 0.1) is 0 Å². The fraction of sp³-hybridized carbons (Fsp3) is 0.350. The van der Waals surface area contributed by atoms with Gasteiger partial charge in [-0.15, -0.1) is 0 Å². The fourth-order valence-electron chi connectivity index (χ4n) is 3.05.